The Labute approximate surface area is 227 Å². The molecule has 1 aromatic rings. The van der Waals surface area contributed by atoms with Crippen molar-refractivity contribution in [1.29, 1.82) is 0 Å². The van der Waals surface area contributed by atoms with Gasteiger partial charge in [-0.15, -0.1) is 0 Å². The Hall–Kier alpha value is -1.79. The number of nitrogens with one attached hydrogen (secondary N) is 1. The summed E-state index contributed by atoms with van der Waals surface area (Å²) in [4.78, 5) is 13.4. The summed E-state index contributed by atoms with van der Waals surface area (Å²) in [6.07, 6.45) is -12.6. The lowest BCUT2D eigenvalue weighted by Gasteiger charge is -2.33. The molecule has 1 amide bonds. The van der Waals surface area contributed by atoms with Gasteiger partial charge in [0.25, 0.3) is 0 Å². The second kappa shape index (κ2) is 17.8. The monoisotopic (exact) mass is 563 g/mol. The fraction of sp³-hybridized carbons (Fsp3) is 0.720. The van der Waals surface area contributed by atoms with E-state index in [4.69, 9.17) is 15.9 Å². The molecule has 0 aliphatic heterocycles. The van der Waals surface area contributed by atoms with E-state index in [9.17, 15) is 45.6 Å². The molecule has 0 fully saturated rings. The van der Waals surface area contributed by atoms with Gasteiger partial charge in [-0.2, -0.15) is 0 Å². The van der Waals surface area contributed by atoms with Crippen LogP contribution in [0.5, 0.6) is 0 Å². The maximum Gasteiger partial charge on any atom is 0.241 e. The predicted molar refractivity (Wildman–Crippen MR) is 140 cm³/mol. The fourth-order valence-electron chi connectivity index (χ4n) is 3.81. The lowest BCUT2D eigenvalue weighted by molar-refractivity contribution is -0.130. The van der Waals surface area contributed by atoms with Crippen LogP contribution in [0.3, 0.4) is 0 Å². The number of aliphatic hydroxyl groups is 10. The number of amides is 1. The molecule has 39 heavy (non-hydrogen) atoms. The maximum atomic E-state index is 11.9. The molecular formula is C25H45N3O11. The summed E-state index contributed by atoms with van der Waals surface area (Å²) < 4.78 is 0. The Kier molecular flexibility index (Phi) is 16.1. The van der Waals surface area contributed by atoms with Gasteiger partial charge in [0, 0.05) is 18.8 Å². The Morgan fingerprint density at radius 3 is 1.64 bits per heavy atom. The van der Waals surface area contributed by atoms with Gasteiger partial charge in [-0.3, -0.25) is 9.69 Å². The van der Waals surface area contributed by atoms with Gasteiger partial charge in [-0.25, -0.2) is 0 Å². The number of benzene rings is 1. The van der Waals surface area contributed by atoms with Gasteiger partial charge in [0.1, 0.15) is 36.6 Å². The summed E-state index contributed by atoms with van der Waals surface area (Å²) in [5, 5.41) is 101. The van der Waals surface area contributed by atoms with Gasteiger partial charge >= 0.3 is 0 Å². The molecule has 9 atom stereocenters. The molecule has 0 unspecified atom stereocenters. The quantitative estimate of drug-likeness (QED) is 0.0758. The van der Waals surface area contributed by atoms with Crippen molar-refractivity contribution >= 4 is 11.6 Å². The standard InChI is InChI=1S/C25H45N3O11/c1-2-16(26)25(39)27-15-7-5-14(6-8-15)4-3-9-28(10-17(31)21(35)23(37)19(33)12-29)11-18(32)22(36)24(38)20(34)13-30/h5-8,16-24,29-38H,2-4,9-13,26H2,1H3,(H,27,39)/t16-,17-,18-,19+,20+,21+,22+,23+,24+/m0/s1. The topological polar surface area (TPSA) is 261 Å². The molecule has 0 heterocycles. The highest BCUT2D eigenvalue weighted by atomic mass is 16.4. The maximum absolute atomic E-state index is 11.9. The van der Waals surface area contributed by atoms with E-state index >= 15 is 0 Å². The van der Waals surface area contributed by atoms with E-state index < -0.39 is 68.1 Å². The molecule has 0 saturated heterocycles. The average molecular weight is 564 g/mol. The molecule has 0 saturated carbocycles. The predicted octanol–water partition coefficient (Wildman–Crippen LogP) is -4.53. The van der Waals surface area contributed by atoms with E-state index in [1.165, 1.54) is 4.90 Å². The average Bonchev–Trinajstić information content (AvgIpc) is 2.94. The summed E-state index contributed by atoms with van der Waals surface area (Å²) in [6.45, 7) is -0.355. The number of rotatable bonds is 19. The molecule has 0 aromatic heterocycles. The molecule has 1 rings (SSSR count). The third-order valence-corrected chi connectivity index (χ3v) is 6.48. The smallest absolute Gasteiger partial charge is 0.241 e. The molecule has 226 valence electrons. The number of nitrogens with zero attached hydrogens (tertiary/aromatic N) is 1. The van der Waals surface area contributed by atoms with Crippen molar-refractivity contribution in [2.45, 2.75) is 81.1 Å². The lowest BCUT2D eigenvalue weighted by Crippen LogP contribution is -2.53. The number of aliphatic hydroxyl groups excluding tert-OH is 10. The van der Waals surface area contributed by atoms with Gasteiger partial charge in [0.15, 0.2) is 0 Å². The number of hydrogen-bond acceptors (Lipinski definition) is 13. The van der Waals surface area contributed by atoms with Crippen LogP contribution in [0.2, 0.25) is 0 Å². The van der Waals surface area contributed by atoms with Gasteiger partial charge < -0.3 is 62.1 Å². The van der Waals surface area contributed by atoms with Crippen molar-refractivity contribution in [2.75, 3.05) is 38.2 Å². The molecule has 0 aliphatic carbocycles. The Morgan fingerprint density at radius 1 is 0.795 bits per heavy atom. The molecule has 0 aliphatic rings. The highest BCUT2D eigenvalue weighted by Gasteiger charge is 2.34. The summed E-state index contributed by atoms with van der Waals surface area (Å²) >= 11 is 0. The molecule has 0 bridgehead atoms. The first-order chi connectivity index (χ1) is 18.4. The van der Waals surface area contributed by atoms with Gasteiger partial charge in [0.2, 0.25) is 5.91 Å². The van der Waals surface area contributed by atoms with Crippen molar-refractivity contribution in [3.63, 3.8) is 0 Å². The molecule has 0 radical (unpaired) electrons. The van der Waals surface area contributed by atoms with E-state index in [0.29, 0.717) is 24.9 Å². The summed E-state index contributed by atoms with van der Waals surface area (Å²) in [6, 6.07) is 6.42. The third kappa shape index (κ3) is 11.7. The molecule has 1 aromatic carbocycles. The zero-order valence-electron chi connectivity index (χ0n) is 22.1. The number of aryl methyl sites for hydroxylation is 1. The highest BCUT2D eigenvalue weighted by molar-refractivity contribution is 5.94. The van der Waals surface area contributed by atoms with Crippen LogP contribution < -0.4 is 11.1 Å². The fourth-order valence-corrected chi connectivity index (χ4v) is 3.81. The van der Waals surface area contributed by atoms with Crippen molar-refractivity contribution in [3.8, 4) is 0 Å². The lowest BCUT2D eigenvalue weighted by atomic mass is 10.0. The number of carbonyl (C=O) groups is 1. The van der Waals surface area contributed by atoms with Crippen LogP contribution in [0.15, 0.2) is 24.3 Å². The summed E-state index contributed by atoms with van der Waals surface area (Å²) in [5.41, 5.74) is 7.19. The molecule has 13 N–H and O–H groups in total. The number of nitrogens with two attached hydrogens (primary N) is 1. The Morgan fingerprint density at radius 2 is 1.23 bits per heavy atom. The minimum atomic E-state index is -1.85. The molecule has 14 heteroatoms. The van der Waals surface area contributed by atoms with Crippen LogP contribution in [-0.2, 0) is 11.2 Å². The van der Waals surface area contributed by atoms with E-state index in [2.05, 4.69) is 5.32 Å². The van der Waals surface area contributed by atoms with Gasteiger partial charge in [-0.05, 0) is 43.5 Å². The van der Waals surface area contributed by atoms with Crippen LogP contribution in [0.4, 0.5) is 5.69 Å². The van der Waals surface area contributed by atoms with Crippen LogP contribution in [0.25, 0.3) is 0 Å². The normalized spacial score (nSPS) is 19.0. The van der Waals surface area contributed by atoms with Crippen LogP contribution in [0.1, 0.15) is 25.3 Å². The van der Waals surface area contributed by atoms with Crippen LogP contribution >= 0.6 is 0 Å². The van der Waals surface area contributed by atoms with Crippen LogP contribution in [-0.4, -0.2) is 150 Å². The van der Waals surface area contributed by atoms with E-state index in [1.54, 1.807) is 31.2 Å². The third-order valence-electron chi connectivity index (χ3n) is 6.48. The minimum Gasteiger partial charge on any atom is -0.394 e. The zero-order valence-corrected chi connectivity index (χ0v) is 22.1. The number of anilines is 1. The Bertz CT molecular complexity index is 789. The van der Waals surface area contributed by atoms with Crippen molar-refractivity contribution in [3.05, 3.63) is 29.8 Å². The SMILES string of the molecule is CC[C@H](N)C(=O)Nc1ccc(CCCN(C[C@H](O)[C@@H](O)[C@H](O)[C@H](O)CO)C[C@H](O)[C@@H](O)[C@H](O)[C@H](O)CO)cc1. The van der Waals surface area contributed by atoms with E-state index in [0.717, 1.165) is 5.56 Å². The van der Waals surface area contributed by atoms with E-state index in [-0.39, 0.29) is 25.5 Å². The Balaban J connectivity index is 2.85. The number of hydrogen-bond donors (Lipinski definition) is 12. The minimum absolute atomic E-state index is 0.203. The molecular weight excluding hydrogens is 518 g/mol. The first-order valence-corrected chi connectivity index (χ1v) is 12.9. The van der Waals surface area contributed by atoms with Gasteiger partial charge in [0.05, 0.1) is 31.5 Å². The highest BCUT2D eigenvalue weighted by Crippen LogP contribution is 2.14. The molecule has 14 nitrogen and oxygen atoms in total. The molecule has 0 spiro atoms. The summed E-state index contributed by atoms with van der Waals surface area (Å²) in [5.74, 6) is -0.296. The van der Waals surface area contributed by atoms with Crippen molar-refractivity contribution < 1.29 is 55.9 Å². The van der Waals surface area contributed by atoms with Crippen molar-refractivity contribution in [2.24, 2.45) is 5.73 Å². The number of carbonyl (C=O) groups excluding carboxylic acids is 1. The largest absolute Gasteiger partial charge is 0.394 e. The second-order valence-electron chi connectivity index (χ2n) is 9.66. The van der Waals surface area contributed by atoms with Gasteiger partial charge in [-0.1, -0.05) is 19.1 Å². The zero-order chi connectivity index (χ0) is 29.7. The van der Waals surface area contributed by atoms with E-state index in [1.807, 2.05) is 0 Å². The van der Waals surface area contributed by atoms with Crippen LogP contribution in [0, 0.1) is 0 Å². The first-order valence-electron chi connectivity index (χ1n) is 12.9. The van der Waals surface area contributed by atoms with Crippen molar-refractivity contribution in [1.82, 2.24) is 4.90 Å². The summed E-state index contributed by atoms with van der Waals surface area (Å²) in [7, 11) is 0. The second-order valence-corrected chi connectivity index (χ2v) is 9.66. The first kappa shape index (κ1) is 35.2.